The molecule has 2 fully saturated rings. The third-order valence-corrected chi connectivity index (χ3v) is 5.58. The molecule has 0 spiro atoms. The molecule has 0 radical (unpaired) electrons. The molecule has 0 bridgehead atoms. The van der Waals surface area contributed by atoms with Gasteiger partial charge in [-0.2, -0.15) is 0 Å². The number of benzene rings is 1. The van der Waals surface area contributed by atoms with E-state index >= 15 is 0 Å². The summed E-state index contributed by atoms with van der Waals surface area (Å²) in [5.74, 6) is 0.796. The number of rotatable bonds is 6. The lowest BCUT2D eigenvalue weighted by molar-refractivity contribution is -0.132. The van der Waals surface area contributed by atoms with Crippen LogP contribution in [0.3, 0.4) is 0 Å². The quantitative estimate of drug-likeness (QED) is 0.746. The summed E-state index contributed by atoms with van der Waals surface area (Å²) in [5, 5.41) is 3.13. The third kappa shape index (κ3) is 6.61. The fourth-order valence-corrected chi connectivity index (χ4v) is 3.86. The smallest absolute Gasteiger partial charge is 0.249 e. The second-order valence-corrected chi connectivity index (χ2v) is 7.45. The Morgan fingerprint density at radius 3 is 2.44 bits per heavy atom. The van der Waals surface area contributed by atoms with E-state index in [-0.39, 0.29) is 49.0 Å². The number of nitrogens with one attached hydrogen (secondary N) is 1. The zero-order valence-corrected chi connectivity index (χ0v) is 17.6. The lowest BCUT2D eigenvalue weighted by Gasteiger charge is -2.37. The second-order valence-electron chi connectivity index (χ2n) is 7.45. The first-order chi connectivity index (χ1) is 12.2. The van der Waals surface area contributed by atoms with E-state index < -0.39 is 0 Å². The summed E-state index contributed by atoms with van der Waals surface area (Å²) in [4.78, 5) is 15.0. The maximum atomic E-state index is 12.5. The summed E-state index contributed by atoms with van der Waals surface area (Å²) in [7, 11) is 0. The highest BCUT2D eigenvalue weighted by Crippen LogP contribution is 2.26. The van der Waals surface area contributed by atoms with Crippen molar-refractivity contribution in [3.8, 4) is 0 Å². The Kier molecular flexibility index (Phi) is 10.6. The average Bonchev–Trinajstić information content (AvgIpc) is 3.13. The molecular formula is C20H33Cl2N3O2. The Morgan fingerprint density at radius 2 is 1.85 bits per heavy atom. The minimum atomic E-state index is -0.341. The molecule has 2 aliphatic rings. The molecule has 2 aliphatic heterocycles. The molecular weight excluding hydrogens is 385 g/mol. The Labute approximate surface area is 175 Å². The molecule has 0 aromatic heterocycles. The highest BCUT2D eigenvalue weighted by molar-refractivity contribution is 5.85. The van der Waals surface area contributed by atoms with E-state index in [2.05, 4.69) is 41.4 Å². The van der Waals surface area contributed by atoms with Crippen molar-refractivity contribution in [1.29, 1.82) is 0 Å². The van der Waals surface area contributed by atoms with Crippen molar-refractivity contribution in [2.45, 2.75) is 50.9 Å². The van der Waals surface area contributed by atoms with Gasteiger partial charge in [-0.3, -0.25) is 9.69 Å². The second kappa shape index (κ2) is 11.9. The molecule has 3 atom stereocenters. The molecule has 1 aromatic rings. The molecule has 1 unspecified atom stereocenters. The van der Waals surface area contributed by atoms with Crippen molar-refractivity contribution < 1.29 is 9.53 Å². The molecule has 3 rings (SSSR count). The van der Waals surface area contributed by atoms with Crippen LogP contribution < -0.4 is 11.1 Å². The van der Waals surface area contributed by atoms with E-state index in [0.29, 0.717) is 13.1 Å². The topological polar surface area (TPSA) is 67.6 Å². The number of amides is 1. The number of likely N-dealkylation sites (tertiary alicyclic amines) is 1. The van der Waals surface area contributed by atoms with Crippen molar-refractivity contribution in [3.63, 3.8) is 0 Å². The first kappa shape index (κ1) is 24.2. The summed E-state index contributed by atoms with van der Waals surface area (Å²) in [6.45, 7) is 5.62. The van der Waals surface area contributed by atoms with Gasteiger partial charge >= 0.3 is 0 Å². The standard InChI is InChI=1S/C20H31N3O2.2ClH/c1-15-9-11-23(12-10-15)18(16-5-3-2-4-6-16)14-22-20(24)19-8-7-17(13-21)25-19;;/h2-6,15,17-19H,7-14,21H2,1H3,(H,22,24);2*1H/t17-,18?,19+;;/m1../s1. The van der Waals surface area contributed by atoms with Gasteiger partial charge in [-0.25, -0.2) is 0 Å². The summed E-state index contributed by atoms with van der Waals surface area (Å²) < 4.78 is 5.72. The highest BCUT2D eigenvalue weighted by atomic mass is 35.5. The zero-order valence-electron chi connectivity index (χ0n) is 16.0. The molecule has 0 aliphatic carbocycles. The van der Waals surface area contributed by atoms with Crippen molar-refractivity contribution in [3.05, 3.63) is 35.9 Å². The van der Waals surface area contributed by atoms with Crippen LogP contribution in [0.25, 0.3) is 0 Å². The molecule has 154 valence electrons. The number of carbonyl (C=O) groups excluding carboxylic acids is 1. The maximum Gasteiger partial charge on any atom is 0.249 e. The van der Waals surface area contributed by atoms with Gasteiger partial charge < -0.3 is 15.8 Å². The number of carbonyl (C=O) groups is 1. The van der Waals surface area contributed by atoms with Crippen LogP contribution in [0.4, 0.5) is 0 Å². The van der Waals surface area contributed by atoms with E-state index in [1.165, 1.54) is 18.4 Å². The first-order valence-electron chi connectivity index (χ1n) is 9.59. The van der Waals surface area contributed by atoms with Gasteiger partial charge in [-0.1, -0.05) is 37.3 Å². The van der Waals surface area contributed by atoms with E-state index in [9.17, 15) is 4.79 Å². The fourth-order valence-electron chi connectivity index (χ4n) is 3.86. The maximum absolute atomic E-state index is 12.5. The Balaban J connectivity index is 0.00000182. The van der Waals surface area contributed by atoms with Crippen LogP contribution in [0.15, 0.2) is 30.3 Å². The SMILES string of the molecule is CC1CCN(C(CNC(=O)[C@@H]2CC[C@H](CN)O2)c2ccccc2)CC1.Cl.Cl. The Bertz CT molecular complexity index is 553. The van der Waals surface area contributed by atoms with Crippen LogP contribution >= 0.6 is 24.8 Å². The van der Waals surface area contributed by atoms with Gasteiger partial charge in [0.25, 0.3) is 0 Å². The van der Waals surface area contributed by atoms with Crippen LogP contribution in [0.2, 0.25) is 0 Å². The number of ether oxygens (including phenoxy) is 1. The van der Waals surface area contributed by atoms with Gasteiger partial charge in [0, 0.05) is 13.1 Å². The van der Waals surface area contributed by atoms with Crippen molar-refractivity contribution in [2.24, 2.45) is 11.7 Å². The highest BCUT2D eigenvalue weighted by Gasteiger charge is 2.31. The van der Waals surface area contributed by atoms with E-state index in [0.717, 1.165) is 31.8 Å². The van der Waals surface area contributed by atoms with E-state index in [4.69, 9.17) is 10.5 Å². The van der Waals surface area contributed by atoms with Gasteiger partial charge in [0.15, 0.2) is 0 Å². The lowest BCUT2D eigenvalue weighted by Crippen LogP contribution is -2.44. The zero-order chi connectivity index (χ0) is 17.6. The molecule has 7 heteroatoms. The van der Waals surface area contributed by atoms with Crippen LogP contribution in [-0.4, -0.2) is 49.2 Å². The molecule has 1 amide bonds. The Hall–Kier alpha value is -0.850. The number of hydrogen-bond donors (Lipinski definition) is 2. The number of nitrogens with zero attached hydrogens (tertiary/aromatic N) is 1. The normalized spacial score (nSPS) is 24.5. The summed E-state index contributed by atoms with van der Waals surface area (Å²) in [6.07, 6.45) is 3.78. The van der Waals surface area contributed by atoms with Gasteiger partial charge in [0.05, 0.1) is 12.1 Å². The van der Waals surface area contributed by atoms with Gasteiger partial charge in [0.1, 0.15) is 6.10 Å². The molecule has 0 saturated carbocycles. The van der Waals surface area contributed by atoms with Crippen molar-refractivity contribution >= 4 is 30.7 Å². The van der Waals surface area contributed by atoms with Crippen LogP contribution in [-0.2, 0) is 9.53 Å². The van der Waals surface area contributed by atoms with Crippen LogP contribution in [0, 0.1) is 5.92 Å². The molecule has 3 N–H and O–H groups in total. The van der Waals surface area contributed by atoms with Crippen molar-refractivity contribution in [2.75, 3.05) is 26.2 Å². The molecule has 1 aromatic carbocycles. The fraction of sp³-hybridized carbons (Fsp3) is 0.650. The van der Waals surface area contributed by atoms with Gasteiger partial charge in [0.2, 0.25) is 5.91 Å². The van der Waals surface area contributed by atoms with Crippen molar-refractivity contribution in [1.82, 2.24) is 10.2 Å². The third-order valence-electron chi connectivity index (χ3n) is 5.58. The molecule has 2 saturated heterocycles. The van der Waals surface area contributed by atoms with Crippen LogP contribution in [0.5, 0.6) is 0 Å². The summed E-state index contributed by atoms with van der Waals surface area (Å²) >= 11 is 0. The van der Waals surface area contributed by atoms with Crippen LogP contribution in [0.1, 0.15) is 44.2 Å². The number of nitrogens with two attached hydrogens (primary N) is 1. The first-order valence-corrected chi connectivity index (χ1v) is 9.59. The molecule has 2 heterocycles. The molecule has 5 nitrogen and oxygen atoms in total. The minimum Gasteiger partial charge on any atom is -0.364 e. The molecule has 27 heavy (non-hydrogen) atoms. The number of piperidine rings is 1. The van der Waals surface area contributed by atoms with Gasteiger partial charge in [-0.15, -0.1) is 24.8 Å². The van der Waals surface area contributed by atoms with E-state index in [1.54, 1.807) is 0 Å². The summed E-state index contributed by atoms with van der Waals surface area (Å²) in [6, 6.07) is 10.7. The Morgan fingerprint density at radius 1 is 1.19 bits per heavy atom. The average molecular weight is 418 g/mol. The largest absolute Gasteiger partial charge is 0.364 e. The predicted molar refractivity (Wildman–Crippen MR) is 114 cm³/mol. The van der Waals surface area contributed by atoms with Gasteiger partial charge in [-0.05, 0) is 50.3 Å². The summed E-state index contributed by atoms with van der Waals surface area (Å²) in [5.41, 5.74) is 6.91. The predicted octanol–water partition coefficient (Wildman–Crippen LogP) is 2.93. The monoisotopic (exact) mass is 417 g/mol. The number of halogens is 2. The van der Waals surface area contributed by atoms with E-state index in [1.807, 2.05) is 6.07 Å². The lowest BCUT2D eigenvalue weighted by atomic mass is 9.95. The number of hydrogen-bond acceptors (Lipinski definition) is 4. The minimum absolute atomic E-state index is 0.